The second-order valence-electron chi connectivity index (χ2n) is 5.45. The second kappa shape index (κ2) is 6.80. The third-order valence-corrected chi connectivity index (χ3v) is 3.85. The summed E-state index contributed by atoms with van der Waals surface area (Å²) in [5.74, 6) is -3.52. The fraction of sp³-hybridized carbons (Fsp3) is 0.769. The summed E-state index contributed by atoms with van der Waals surface area (Å²) in [5, 5.41) is 37.8. The van der Waals surface area contributed by atoms with E-state index in [4.69, 9.17) is 14.6 Å². The monoisotopic (exact) mass is 318 g/mol. The molecular formula is C13H18O9. The quantitative estimate of drug-likeness (QED) is 0.313. The molecule has 0 bridgehead atoms. The molecule has 1 aliphatic heterocycles. The fourth-order valence-corrected chi connectivity index (χ4v) is 2.51. The number of Topliss-reactive ketones (excluding diaryl/α,β-unsaturated/α-hetero) is 2. The summed E-state index contributed by atoms with van der Waals surface area (Å²) in [7, 11) is 0. The topological polar surface area (TPSA) is 151 Å². The van der Waals surface area contributed by atoms with E-state index < -0.39 is 60.6 Å². The molecule has 0 aromatic rings. The summed E-state index contributed by atoms with van der Waals surface area (Å²) in [6, 6.07) is 0. The zero-order chi connectivity index (χ0) is 16.4. The van der Waals surface area contributed by atoms with Crippen molar-refractivity contribution in [3.63, 3.8) is 0 Å². The number of rotatable bonds is 3. The molecule has 2 fully saturated rings. The molecule has 4 N–H and O–H groups in total. The number of carbonyl (C=O) groups is 3. The Balaban J connectivity index is 2.03. The molecule has 2 rings (SSSR count). The maximum atomic E-state index is 12.0. The molecule has 0 amide bonds. The smallest absolute Gasteiger partial charge is 0.310 e. The molecule has 22 heavy (non-hydrogen) atoms. The number of ether oxygens (including phenoxy) is 2. The van der Waals surface area contributed by atoms with E-state index in [9.17, 15) is 29.7 Å². The maximum Gasteiger partial charge on any atom is 0.310 e. The lowest BCUT2D eigenvalue weighted by atomic mass is 9.85. The Morgan fingerprint density at radius 3 is 2.32 bits per heavy atom. The number of ketones is 2. The highest BCUT2D eigenvalue weighted by molar-refractivity contribution is 6.09. The summed E-state index contributed by atoms with van der Waals surface area (Å²) < 4.78 is 10.1. The summed E-state index contributed by atoms with van der Waals surface area (Å²) in [4.78, 5) is 34.9. The van der Waals surface area contributed by atoms with Crippen molar-refractivity contribution in [2.24, 2.45) is 5.92 Å². The van der Waals surface area contributed by atoms with Gasteiger partial charge in [0, 0.05) is 12.8 Å². The van der Waals surface area contributed by atoms with Crippen LogP contribution in [0.15, 0.2) is 0 Å². The first-order valence-corrected chi connectivity index (χ1v) is 6.87. The van der Waals surface area contributed by atoms with Crippen LogP contribution in [0.4, 0.5) is 0 Å². The highest BCUT2D eigenvalue weighted by Gasteiger charge is 2.44. The summed E-state index contributed by atoms with van der Waals surface area (Å²) in [6.45, 7) is -0.754. The fourth-order valence-electron chi connectivity index (χ4n) is 2.51. The van der Waals surface area contributed by atoms with E-state index in [2.05, 4.69) is 0 Å². The number of aliphatic hydroxyl groups excluding tert-OH is 4. The molecule has 4 atom stereocenters. The first-order valence-electron chi connectivity index (χ1n) is 6.87. The van der Waals surface area contributed by atoms with Gasteiger partial charge in [0.15, 0.2) is 23.8 Å². The van der Waals surface area contributed by atoms with Gasteiger partial charge in [-0.25, -0.2) is 0 Å². The van der Waals surface area contributed by atoms with E-state index >= 15 is 0 Å². The highest BCUT2D eigenvalue weighted by atomic mass is 16.6. The van der Waals surface area contributed by atoms with E-state index in [1.165, 1.54) is 0 Å². The van der Waals surface area contributed by atoms with Crippen molar-refractivity contribution in [2.75, 3.05) is 13.2 Å². The van der Waals surface area contributed by atoms with Crippen molar-refractivity contribution in [1.82, 2.24) is 0 Å². The Labute approximate surface area is 125 Å². The third kappa shape index (κ3) is 3.33. The minimum atomic E-state index is -1.71. The molecule has 0 aromatic heterocycles. The van der Waals surface area contributed by atoms with E-state index in [0.29, 0.717) is 0 Å². The van der Waals surface area contributed by atoms with Gasteiger partial charge >= 0.3 is 5.97 Å². The highest BCUT2D eigenvalue weighted by Crippen LogP contribution is 2.24. The van der Waals surface area contributed by atoms with Crippen LogP contribution in [-0.4, -0.2) is 81.7 Å². The van der Waals surface area contributed by atoms with E-state index in [1.807, 2.05) is 0 Å². The van der Waals surface area contributed by atoms with Crippen molar-refractivity contribution in [2.45, 2.75) is 43.4 Å². The van der Waals surface area contributed by atoms with Crippen LogP contribution in [0.1, 0.15) is 12.8 Å². The minimum Gasteiger partial charge on any atom is -0.456 e. The first-order chi connectivity index (χ1) is 10.3. The van der Waals surface area contributed by atoms with Gasteiger partial charge in [-0.2, -0.15) is 0 Å². The number of aliphatic hydroxyl groups is 4. The largest absolute Gasteiger partial charge is 0.456 e. The lowest BCUT2D eigenvalue weighted by Gasteiger charge is -2.37. The Bertz CT molecular complexity index is 442. The zero-order valence-electron chi connectivity index (χ0n) is 11.6. The molecule has 124 valence electrons. The minimum absolute atomic E-state index is 0.215. The van der Waals surface area contributed by atoms with Crippen LogP contribution in [0.25, 0.3) is 0 Å². The van der Waals surface area contributed by atoms with Crippen LogP contribution >= 0.6 is 0 Å². The van der Waals surface area contributed by atoms with Gasteiger partial charge in [-0.15, -0.1) is 0 Å². The van der Waals surface area contributed by atoms with Gasteiger partial charge in [0.1, 0.15) is 18.3 Å². The molecule has 4 unspecified atom stereocenters. The molecule has 1 heterocycles. The zero-order valence-corrected chi connectivity index (χ0v) is 11.6. The van der Waals surface area contributed by atoms with E-state index in [0.717, 1.165) is 0 Å². The Kier molecular flexibility index (Phi) is 5.24. The van der Waals surface area contributed by atoms with Crippen LogP contribution in [0.3, 0.4) is 0 Å². The van der Waals surface area contributed by atoms with Gasteiger partial charge in [-0.1, -0.05) is 0 Å². The number of esters is 1. The SMILES string of the molecule is O=C(OC1C(CO)OCC(O)C1O)C1CC(=O)C(O)C(=O)C1. The van der Waals surface area contributed by atoms with Crippen LogP contribution in [0.5, 0.6) is 0 Å². The lowest BCUT2D eigenvalue weighted by Crippen LogP contribution is -2.56. The van der Waals surface area contributed by atoms with Gasteiger partial charge in [-0.05, 0) is 0 Å². The molecule has 0 aromatic carbocycles. The van der Waals surface area contributed by atoms with Gasteiger partial charge < -0.3 is 29.9 Å². The van der Waals surface area contributed by atoms with Gasteiger partial charge in [0.25, 0.3) is 0 Å². The van der Waals surface area contributed by atoms with E-state index in [-0.39, 0.29) is 19.4 Å². The Morgan fingerprint density at radius 1 is 1.18 bits per heavy atom. The molecule has 1 aliphatic carbocycles. The summed E-state index contributed by atoms with van der Waals surface area (Å²) in [6.07, 6.45) is -7.45. The lowest BCUT2D eigenvalue weighted by molar-refractivity contribution is -0.216. The first kappa shape index (κ1) is 17.0. The predicted molar refractivity (Wildman–Crippen MR) is 67.5 cm³/mol. The summed E-state index contributed by atoms with van der Waals surface area (Å²) in [5.41, 5.74) is 0. The van der Waals surface area contributed by atoms with Crippen molar-refractivity contribution >= 4 is 17.5 Å². The van der Waals surface area contributed by atoms with Gasteiger partial charge in [0.05, 0.1) is 19.1 Å². The van der Waals surface area contributed by atoms with Crippen LogP contribution in [0.2, 0.25) is 0 Å². The number of carbonyl (C=O) groups excluding carboxylic acids is 3. The average Bonchev–Trinajstić information content (AvgIpc) is 2.49. The van der Waals surface area contributed by atoms with Crippen LogP contribution < -0.4 is 0 Å². The standard InChI is InChI=1S/C13H18O9/c14-3-9-12(11(19)8(17)4-21-9)22-13(20)5-1-6(15)10(18)7(16)2-5/h5,8-12,14,17-19H,1-4H2. The average molecular weight is 318 g/mol. The third-order valence-electron chi connectivity index (χ3n) is 3.85. The molecule has 0 radical (unpaired) electrons. The number of hydrogen-bond donors (Lipinski definition) is 4. The maximum absolute atomic E-state index is 12.0. The molecule has 1 saturated heterocycles. The molecule has 2 aliphatic rings. The molecular weight excluding hydrogens is 300 g/mol. The van der Waals surface area contributed by atoms with Crippen molar-refractivity contribution in [3.05, 3.63) is 0 Å². The number of hydrogen-bond acceptors (Lipinski definition) is 9. The molecule has 9 heteroatoms. The van der Waals surface area contributed by atoms with E-state index in [1.54, 1.807) is 0 Å². The second-order valence-corrected chi connectivity index (χ2v) is 5.45. The van der Waals surface area contributed by atoms with Gasteiger partial charge in [0.2, 0.25) is 0 Å². The molecule has 1 saturated carbocycles. The van der Waals surface area contributed by atoms with Gasteiger partial charge in [-0.3, -0.25) is 14.4 Å². The van der Waals surface area contributed by atoms with Crippen LogP contribution in [-0.2, 0) is 23.9 Å². The molecule has 9 nitrogen and oxygen atoms in total. The normalized spacial score (nSPS) is 39.6. The molecule has 0 spiro atoms. The summed E-state index contributed by atoms with van der Waals surface area (Å²) >= 11 is 0. The predicted octanol–water partition coefficient (Wildman–Crippen LogP) is -3.08. The van der Waals surface area contributed by atoms with Crippen molar-refractivity contribution in [3.8, 4) is 0 Å². The van der Waals surface area contributed by atoms with Crippen molar-refractivity contribution in [1.29, 1.82) is 0 Å². The Morgan fingerprint density at radius 2 is 1.77 bits per heavy atom. The van der Waals surface area contributed by atoms with Crippen LogP contribution in [0, 0.1) is 5.92 Å². The Hall–Kier alpha value is -1.39. The van der Waals surface area contributed by atoms with Crippen molar-refractivity contribution < 1.29 is 44.3 Å².